The number of nitro groups is 1. The minimum Gasteiger partial charge on any atom is -0.506 e. The number of aromatic hydroxyl groups is 1. The zero-order valence-electron chi connectivity index (χ0n) is 17.9. The summed E-state index contributed by atoms with van der Waals surface area (Å²) >= 11 is 6.65. The van der Waals surface area contributed by atoms with Gasteiger partial charge in [-0.2, -0.15) is 0 Å². The molecule has 2 aromatic carbocycles. The molecule has 3 rings (SSSR count). The second-order valence-electron chi connectivity index (χ2n) is 7.56. The van der Waals surface area contributed by atoms with Crippen LogP contribution in [0.1, 0.15) is 36.8 Å². The Bertz CT molecular complexity index is 1120. The Morgan fingerprint density at radius 1 is 1.21 bits per heavy atom. The number of carbonyl (C=O) groups is 2. The van der Waals surface area contributed by atoms with E-state index in [2.05, 4.69) is 5.32 Å². The Balaban J connectivity index is 1.42. The molecule has 2 aromatic rings. The van der Waals surface area contributed by atoms with Crippen LogP contribution in [0.3, 0.4) is 0 Å². The molecule has 172 valence electrons. The lowest BCUT2D eigenvalue weighted by molar-refractivity contribution is -0.384. The lowest BCUT2D eigenvalue weighted by Crippen LogP contribution is -2.29. The Hall–Kier alpha value is -3.24. The molecular weight excluding hydrogens is 462 g/mol. The van der Waals surface area contributed by atoms with Gasteiger partial charge in [0.15, 0.2) is 0 Å². The number of hydrogen-bond acceptors (Lipinski definition) is 7. The second kappa shape index (κ2) is 11.1. The minimum atomic E-state index is -0.623. The van der Waals surface area contributed by atoms with Crippen molar-refractivity contribution in [1.29, 1.82) is 0 Å². The standard InChI is InChI=1S/C23H23N3O5S2/c1-15-6-8-16(9-7-15)13-20-22(29)25(23(32)33-20)12-4-2-3-5-21(28)24-18-11-10-17(26(30)31)14-19(18)27/h6-11,13-14,27H,2-5,12H2,1H3,(H,24,28). The maximum atomic E-state index is 12.7. The number of phenols is 1. The number of non-ortho nitro benzene ring substituents is 1. The van der Waals surface area contributed by atoms with Crippen LogP contribution in [0, 0.1) is 17.0 Å². The minimum absolute atomic E-state index is 0.100. The van der Waals surface area contributed by atoms with E-state index in [-0.39, 0.29) is 35.4 Å². The molecule has 0 aromatic heterocycles. The van der Waals surface area contributed by atoms with Gasteiger partial charge in [-0.15, -0.1) is 0 Å². The molecule has 2 amide bonds. The first-order valence-corrected chi connectivity index (χ1v) is 11.6. The Morgan fingerprint density at radius 3 is 2.61 bits per heavy atom. The summed E-state index contributed by atoms with van der Waals surface area (Å²) in [5.74, 6) is -0.756. The topological polar surface area (TPSA) is 113 Å². The van der Waals surface area contributed by atoms with Crippen molar-refractivity contribution in [2.45, 2.75) is 32.6 Å². The van der Waals surface area contributed by atoms with Crippen molar-refractivity contribution in [1.82, 2.24) is 4.90 Å². The monoisotopic (exact) mass is 485 g/mol. The predicted molar refractivity (Wildman–Crippen MR) is 133 cm³/mol. The van der Waals surface area contributed by atoms with Crippen LogP contribution in [0.5, 0.6) is 5.75 Å². The van der Waals surface area contributed by atoms with Gasteiger partial charge in [0.2, 0.25) is 5.91 Å². The van der Waals surface area contributed by atoms with E-state index in [0.29, 0.717) is 35.0 Å². The number of carbonyl (C=O) groups excluding carboxylic acids is 2. The third-order valence-corrected chi connectivity index (χ3v) is 6.38. The molecule has 1 heterocycles. The van der Waals surface area contributed by atoms with E-state index in [4.69, 9.17) is 12.2 Å². The van der Waals surface area contributed by atoms with Gasteiger partial charge in [0.05, 0.1) is 21.6 Å². The number of nitrogens with one attached hydrogen (secondary N) is 1. The van der Waals surface area contributed by atoms with E-state index in [1.807, 2.05) is 37.3 Å². The van der Waals surface area contributed by atoms with E-state index in [1.54, 1.807) is 4.90 Å². The maximum Gasteiger partial charge on any atom is 0.273 e. The highest BCUT2D eigenvalue weighted by molar-refractivity contribution is 8.26. The van der Waals surface area contributed by atoms with Crippen LogP contribution in [0.15, 0.2) is 47.4 Å². The predicted octanol–water partition coefficient (Wildman–Crippen LogP) is 5.01. The van der Waals surface area contributed by atoms with Gasteiger partial charge in [-0.1, -0.05) is 60.2 Å². The first kappa shape index (κ1) is 24.4. The van der Waals surface area contributed by atoms with E-state index in [1.165, 1.54) is 23.9 Å². The molecule has 1 fully saturated rings. The van der Waals surface area contributed by atoms with Crippen molar-refractivity contribution >= 4 is 57.6 Å². The number of thioether (sulfide) groups is 1. The highest BCUT2D eigenvalue weighted by Gasteiger charge is 2.31. The van der Waals surface area contributed by atoms with E-state index in [9.17, 15) is 24.8 Å². The fraction of sp³-hybridized carbons (Fsp3) is 0.261. The molecule has 33 heavy (non-hydrogen) atoms. The number of rotatable bonds is 9. The lowest BCUT2D eigenvalue weighted by Gasteiger charge is -2.14. The third kappa shape index (κ3) is 6.62. The number of phenolic OH excluding ortho intramolecular Hbond substituents is 1. The van der Waals surface area contributed by atoms with Gasteiger partial charge in [0, 0.05) is 19.0 Å². The number of thiocarbonyl (C=S) groups is 1. The van der Waals surface area contributed by atoms with Crippen LogP contribution in [0.4, 0.5) is 11.4 Å². The molecule has 0 aliphatic carbocycles. The number of hydrogen-bond donors (Lipinski definition) is 2. The summed E-state index contributed by atoms with van der Waals surface area (Å²) < 4.78 is 0.532. The Labute approximate surface area is 200 Å². The number of nitrogens with zero attached hydrogens (tertiary/aromatic N) is 2. The van der Waals surface area contributed by atoms with E-state index < -0.39 is 4.92 Å². The molecule has 8 nitrogen and oxygen atoms in total. The number of unbranched alkanes of at least 4 members (excludes halogenated alkanes) is 2. The number of nitro benzene ring substituents is 1. The number of amides is 2. The summed E-state index contributed by atoms with van der Waals surface area (Å²) in [6, 6.07) is 11.4. The second-order valence-corrected chi connectivity index (χ2v) is 9.24. The first-order chi connectivity index (χ1) is 15.7. The summed E-state index contributed by atoms with van der Waals surface area (Å²) in [5, 5.41) is 23.1. The molecule has 1 aliphatic heterocycles. The molecule has 2 N–H and O–H groups in total. The van der Waals surface area contributed by atoms with Gasteiger partial charge in [0.25, 0.3) is 11.6 Å². The zero-order valence-corrected chi connectivity index (χ0v) is 19.6. The fourth-order valence-corrected chi connectivity index (χ4v) is 4.50. The van der Waals surface area contributed by atoms with Gasteiger partial charge < -0.3 is 10.4 Å². The molecule has 0 saturated carbocycles. The normalized spacial score (nSPS) is 14.7. The number of benzene rings is 2. The van der Waals surface area contributed by atoms with Crippen LogP contribution in [0.25, 0.3) is 6.08 Å². The molecule has 0 bridgehead atoms. The average molecular weight is 486 g/mol. The maximum absolute atomic E-state index is 12.7. The highest BCUT2D eigenvalue weighted by Crippen LogP contribution is 2.33. The highest BCUT2D eigenvalue weighted by atomic mass is 32.2. The van der Waals surface area contributed by atoms with Crippen molar-refractivity contribution in [3.8, 4) is 5.75 Å². The van der Waals surface area contributed by atoms with E-state index in [0.717, 1.165) is 17.2 Å². The summed E-state index contributed by atoms with van der Waals surface area (Å²) in [4.78, 5) is 37.1. The van der Waals surface area contributed by atoms with Crippen molar-refractivity contribution in [3.05, 3.63) is 68.6 Å². The van der Waals surface area contributed by atoms with Crippen LogP contribution in [-0.2, 0) is 9.59 Å². The number of anilines is 1. The molecule has 0 spiro atoms. The van der Waals surface area contributed by atoms with Gasteiger partial charge >= 0.3 is 0 Å². The lowest BCUT2D eigenvalue weighted by atomic mass is 10.1. The van der Waals surface area contributed by atoms with Gasteiger partial charge in [-0.3, -0.25) is 24.6 Å². The molecular formula is C23H23N3O5S2. The quantitative estimate of drug-likeness (QED) is 0.128. The van der Waals surface area contributed by atoms with Gasteiger partial charge in [-0.05, 0) is 37.5 Å². The summed E-state index contributed by atoms with van der Waals surface area (Å²) in [6.45, 7) is 2.49. The van der Waals surface area contributed by atoms with Crippen molar-refractivity contribution in [3.63, 3.8) is 0 Å². The van der Waals surface area contributed by atoms with E-state index >= 15 is 0 Å². The summed E-state index contributed by atoms with van der Waals surface area (Å²) in [5.41, 5.74) is 1.97. The molecule has 0 atom stereocenters. The average Bonchev–Trinajstić information content (AvgIpc) is 3.03. The molecule has 0 radical (unpaired) electrons. The van der Waals surface area contributed by atoms with Crippen molar-refractivity contribution < 1.29 is 19.6 Å². The van der Waals surface area contributed by atoms with Crippen LogP contribution >= 0.6 is 24.0 Å². The van der Waals surface area contributed by atoms with Crippen LogP contribution in [0.2, 0.25) is 0 Å². The van der Waals surface area contributed by atoms with Crippen molar-refractivity contribution in [2.24, 2.45) is 0 Å². The Morgan fingerprint density at radius 2 is 1.94 bits per heavy atom. The molecule has 0 unspecified atom stereocenters. The molecule has 1 saturated heterocycles. The van der Waals surface area contributed by atoms with Crippen molar-refractivity contribution in [2.75, 3.05) is 11.9 Å². The molecule has 1 aliphatic rings. The van der Waals surface area contributed by atoms with Crippen LogP contribution in [-0.4, -0.2) is 37.6 Å². The fourth-order valence-electron chi connectivity index (χ4n) is 3.19. The smallest absolute Gasteiger partial charge is 0.273 e. The van der Waals surface area contributed by atoms with Gasteiger partial charge in [0.1, 0.15) is 10.1 Å². The van der Waals surface area contributed by atoms with Crippen LogP contribution < -0.4 is 5.32 Å². The zero-order chi connectivity index (χ0) is 24.0. The summed E-state index contributed by atoms with van der Waals surface area (Å²) in [6.07, 6.45) is 4.07. The number of aryl methyl sites for hydroxylation is 1. The SMILES string of the molecule is Cc1ccc(C=C2SC(=S)N(CCCCCC(=O)Nc3ccc([N+](=O)[O-])cc3O)C2=O)cc1. The largest absolute Gasteiger partial charge is 0.506 e. The summed E-state index contributed by atoms with van der Waals surface area (Å²) in [7, 11) is 0. The Kier molecular flexibility index (Phi) is 8.18. The van der Waals surface area contributed by atoms with Gasteiger partial charge in [-0.25, -0.2) is 0 Å². The third-order valence-electron chi connectivity index (χ3n) is 5.00. The first-order valence-electron chi connectivity index (χ1n) is 10.3. The molecule has 10 heteroatoms.